The Labute approximate surface area is 274 Å². The fraction of sp³-hybridized carbons (Fsp3) is 0.229. The molecule has 47 heavy (non-hydrogen) atoms. The summed E-state index contributed by atoms with van der Waals surface area (Å²) in [4.78, 5) is 17.9. The van der Waals surface area contributed by atoms with Crippen molar-refractivity contribution in [1.29, 1.82) is 0 Å². The Morgan fingerprint density at radius 1 is 0.957 bits per heavy atom. The lowest BCUT2D eigenvalue weighted by Gasteiger charge is -2.18. The Balaban J connectivity index is 1.35. The number of nitrogens with one attached hydrogen (secondary N) is 2. The predicted octanol–water partition coefficient (Wildman–Crippen LogP) is 7.17. The SMILES string of the molecule is CCCc1nc2c(C(F)(F)F)cc(C(=O)N[C@@H](CS)Cc3ccccc3)cc2n1Cc1ccc(-c2ccccc2-c2nn[nH]n2)cc1. The van der Waals surface area contributed by atoms with Crippen molar-refractivity contribution in [3.05, 3.63) is 119 Å². The normalized spacial score (nSPS) is 12.4. The number of tetrazole rings is 1. The number of nitrogens with zero attached hydrogens (tertiary/aromatic N) is 5. The molecule has 240 valence electrons. The summed E-state index contributed by atoms with van der Waals surface area (Å²) in [6.45, 7) is 2.22. The summed E-state index contributed by atoms with van der Waals surface area (Å²) in [6.07, 6.45) is -3.05. The number of aromatic nitrogens is 6. The molecule has 6 aromatic rings. The highest BCUT2D eigenvalue weighted by Crippen LogP contribution is 2.37. The molecule has 0 spiro atoms. The predicted molar refractivity (Wildman–Crippen MR) is 178 cm³/mol. The maximum absolute atomic E-state index is 14.5. The number of rotatable bonds is 11. The van der Waals surface area contributed by atoms with Crippen LogP contribution in [0.5, 0.6) is 0 Å². The van der Waals surface area contributed by atoms with Crippen molar-refractivity contribution in [1.82, 2.24) is 35.5 Å². The van der Waals surface area contributed by atoms with E-state index in [4.69, 9.17) is 0 Å². The van der Waals surface area contributed by atoms with Gasteiger partial charge in [0.05, 0.1) is 11.1 Å². The Bertz CT molecular complexity index is 1980. The number of alkyl halides is 3. The minimum absolute atomic E-state index is 0.0812. The summed E-state index contributed by atoms with van der Waals surface area (Å²) in [5, 5.41) is 17.2. The van der Waals surface area contributed by atoms with Gasteiger partial charge in [0, 0.05) is 35.9 Å². The number of H-pyrrole nitrogens is 1. The van der Waals surface area contributed by atoms with E-state index < -0.39 is 17.6 Å². The van der Waals surface area contributed by atoms with E-state index in [0.717, 1.165) is 33.9 Å². The smallest absolute Gasteiger partial charge is 0.348 e. The monoisotopic (exact) mass is 655 g/mol. The number of hydrogen-bond acceptors (Lipinski definition) is 6. The van der Waals surface area contributed by atoms with Crippen molar-refractivity contribution in [2.24, 2.45) is 0 Å². The highest BCUT2D eigenvalue weighted by Gasteiger charge is 2.36. The Hall–Kier alpha value is -4.97. The number of carbonyl (C=O) groups is 1. The van der Waals surface area contributed by atoms with Gasteiger partial charge < -0.3 is 9.88 Å². The zero-order valence-corrected chi connectivity index (χ0v) is 26.4. The van der Waals surface area contributed by atoms with Crippen LogP contribution in [-0.2, 0) is 25.6 Å². The minimum atomic E-state index is -4.71. The fourth-order valence-electron chi connectivity index (χ4n) is 5.72. The van der Waals surface area contributed by atoms with Gasteiger partial charge in [0.25, 0.3) is 5.91 Å². The van der Waals surface area contributed by atoms with Crippen LogP contribution in [0.15, 0.2) is 91.0 Å². The Kier molecular flexibility index (Phi) is 9.39. The summed E-state index contributed by atoms with van der Waals surface area (Å²) >= 11 is 4.39. The van der Waals surface area contributed by atoms with Gasteiger partial charge in [-0.05, 0) is 52.4 Å². The average Bonchev–Trinajstić information content (AvgIpc) is 3.73. The number of amides is 1. The van der Waals surface area contributed by atoms with Crippen LogP contribution in [0.4, 0.5) is 13.2 Å². The molecule has 0 bridgehead atoms. The quantitative estimate of drug-likeness (QED) is 0.129. The summed E-state index contributed by atoms with van der Waals surface area (Å²) in [5.74, 6) is 0.722. The molecule has 4 aromatic carbocycles. The van der Waals surface area contributed by atoms with Gasteiger partial charge in [-0.2, -0.15) is 31.0 Å². The standard InChI is InChI=1S/C35H32F3N7OS/c1-2-8-31-40-32-29(35(36,37)38)18-25(34(46)39-26(21-47)17-22-9-4-3-5-10-22)19-30(32)45(31)20-23-13-15-24(16-14-23)27-11-6-7-12-28(27)33-41-43-44-42-33/h3-7,9-16,18-19,26,47H,2,8,17,20-21H2,1H3,(H,39,46)(H,41,42,43,44)/t26-/m1/s1. The van der Waals surface area contributed by atoms with E-state index in [9.17, 15) is 18.0 Å². The third-order valence-corrected chi connectivity index (χ3v) is 8.41. The molecule has 0 unspecified atom stereocenters. The lowest BCUT2D eigenvalue weighted by atomic mass is 9.98. The second-order valence-corrected chi connectivity index (χ2v) is 11.6. The molecular weight excluding hydrogens is 623 g/mol. The van der Waals surface area contributed by atoms with Gasteiger partial charge >= 0.3 is 6.18 Å². The maximum atomic E-state index is 14.5. The number of benzene rings is 4. The third-order valence-electron chi connectivity index (χ3n) is 7.97. The summed E-state index contributed by atoms with van der Waals surface area (Å²) in [5.41, 5.74) is 3.58. The van der Waals surface area contributed by atoms with E-state index in [2.05, 4.69) is 43.6 Å². The van der Waals surface area contributed by atoms with Crippen LogP contribution in [0, 0.1) is 0 Å². The molecule has 2 aromatic heterocycles. The van der Waals surface area contributed by atoms with Gasteiger partial charge in [-0.3, -0.25) is 4.79 Å². The molecular formula is C35H32F3N7OS. The van der Waals surface area contributed by atoms with Crippen molar-refractivity contribution in [3.8, 4) is 22.5 Å². The summed E-state index contributed by atoms with van der Waals surface area (Å²) < 4.78 is 45.2. The lowest BCUT2D eigenvalue weighted by molar-refractivity contribution is -0.136. The van der Waals surface area contributed by atoms with Crippen molar-refractivity contribution >= 4 is 29.6 Å². The first-order chi connectivity index (χ1) is 22.7. The van der Waals surface area contributed by atoms with Crippen LogP contribution in [-0.4, -0.2) is 47.9 Å². The summed E-state index contributed by atoms with van der Waals surface area (Å²) in [6, 6.07) is 27.1. The van der Waals surface area contributed by atoms with Crippen molar-refractivity contribution in [2.45, 2.75) is 44.9 Å². The van der Waals surface area contributed by atoms with Crippen molar-refractivity contribution < 1.29 is 18.0 Å². The number of imidazole rings is 1. The number of thiol groups is 1. The molecule has 8 nitrogen and oxygen atoms in total. The molecule has 6 rings (SSSR count). The fourth-order valence-corrected chi connectivity index (χ4v) is 5.94. The van der Waals surface area contributed by atoms with E-state index in [1.165, 1.54) is 6.07 Å². The van der Waals surface area contributed by atoms with Crippen LogP contribution in [0.3, 0.4) is 0 Å². The zero-order valence-electron chi connectivity index (χ0n) is 25.5. The highest BCUT2D eigenvalue weighted by molar-refractivity contribution is 7.80. The number of hydrogen-bond donors (Lipinski definition) is 3. The second kappa shape index (κ2) is 13.8. The molecule has 2 heterocycles. The molecule has 1 atom stereocenters. The van der Waals surface area contributed by atoms with Crippen LogP contribution in [0.25, 0.3) is 33.5 Å². The Morgan fingerprint density at radius 2 is 1.68 bits per heavy atom. The van der Waals surface area contributed by atoms with Crippen LogP contribution in [0.1, 0.15) is 46.2 Å². The zero-order chi connectivity index (χ0) is 33.0. The molecule has 2 N–H and O–H groups in total. The van der Waals surface area contributed by atoms with Crippen molar-refractivity contribution in [2.75, 3.05) is 5.75 Å². The van der Waals surface area contributed by atoms with Gasteiger partial charge in [-0.25, -0.2) is 4.98 Å². The average molecular weight is 656 g/mol. The highest BCUT2D eigenvalue weighted by atomic mass is 32.1. The van der Waals surface area contributed by atoms with E-state index in [-0.39, 0.29) is 29.2 Å². The van der Waals surface area contributed by atoms with Crippen LogP contribution >= 0.6 is 12.6 Å². The number of fused-ring (bicyclic) bond motifs is 1. The van der Waals surface area contributed by atoms with Gasteiger partial charge in [0.1, 0.15) is 11.3 Å². The molecule has 0 radical (unpaired) electrons. The number of aromatic amines is 1. The van der Waals surface area contributed by atoms with Crippen LogP contribution < -0.4 is 5.32 Å². The summed E-state index contributed by atoms with van der Waals surface area (Å²) in [7, 11) is 0. The molecule has 12 heteroatoms. The maximum Gasteiger partial charge on any atom is 0.418 e. The number of halogens is 3. The van der Waals surface area contributed by atoms with E-state index >= 15 is 0 Å². The van der Waals surface area contributed by atoms with Gasteiger partial charge in [-0.1, -0.05) is 85.8 Å². The topological polar surface area (TPSA) is 101 Å². The molecule has 0 aliphatic carbocycles. The molecule has 1 amide bonds. The largest absolute Gasteiger partial charge is 0.418 e. The first-order valence-corrected chi connectivity index (χ1v) is 15.9. The van der Waals surface area contributed by atoms with Gasteiger partial charge in [0.15, 0.2) is 0 Å². The van der Waals surface area contributed by atoms with Crippen molar-refractivity contribution in [3.63, 3.8) is 0 Å². The second-order valence-electron chi connectivity index (χ2n) is 11.3. The molecule has 0 aliphatic rings. The Morgan fingerprint density at radius 3 is 2.34 bits per heavy atom. The lowest BCUT2D eigenvalue weighted by Crippen LogP contribution is -2.38. The molecule has 0 saturated heterocycles. The van der Waals surface area contributed by atoms with Crippen LogP contribution in [0.2, 0.25) is 0 Å². The first kappa shape index (κ1) is 32.0. The number of carbonyl (C=O) groups excluding carboxylic acids is 1. The minimum Gasteiger partial charge on any atom is -0.348 e. The first-order valence-electron chi connectivity index (χ1n) is 15.2. The molecule has 0 saturated carbocycles. The molecule has 0 fully saturated rings. The number of aryl methyl sites for hydroxylation is 1. The van der Waals surface area contributed by atoms with E-state index in [0.29, 0.717) is 36.7 Å². The third kappa shape index (κ3) is 7.07. The van der Waals surface area contributed by atoms with E-state index in [1.54, 1.807) is 4.57 Å². The van der Waals surface area contributed by atoms with Gasteiger partial charge in [0.2, 0.25) is 5.82 Å². The van der Waals surface area contributed by atoms with Gasteiger partial charge in [-0.15, -0.1) is 10.2 Å². The van der Waals surface area contributed by atoms with E-state index in [1.807, 2.05) is 85.8 Å². The molecule has 0 aliphatic heterocycles.